The van der Waals surface area contributed by atoms with E-state index >= 15 is 0 Å². The number of aromatic hydroxyl groups is 1. The number of carbonyl (C=O) groups is 1. The molecule has 4 nitrogen and oxygen atoms in total. The summed E-state index contributed by atoms with van der Waals surface area (Å²) in [5.41, 5.74) is 0.284. The Morgan fingerprint density at radius 3 is 2.65 bits per heavy atom. The van der Waals surface area contributed by atoms with Gasteiger partial charge >= 0.3 is 5.97 Å². The maximum Gasteiger partial charge on any atom is 0.304 e. The summed E-state index contributed by atoms with van der Waals surface area (Å²) in [5.74, 6) is -0.567. The average molecular weight is 257 g/mol. The molecule has 0 heterocycles. The lowest BCUT2D eigenvalue weighted by Crippen LogP contribution is -2.13. The molecule has 2 N–H and O–H groups in total. The van der Waals surface area contributed by atoms with Crippen LogP contribution in [0.25, 0.3) is 0 Å². The van der Waals surface area contributed by atoms with Crippen molar-refractivity contribution in [3.63, 3.8) is 0 Å². The van der Waals surface area contributed by atoms with Crippen LogP contribution < -0.4 is 4.74 Å². The topological polar surface area (TPSA) is 66.8 Å². The number of ether oxygens (including phenoxy) is 1. The minimum absolute atomic E-state index is 0.0106. The van der Waals surface area contributed by atoms with E-state index in [2.05, 4.69) is 0 Å². The second-order valence-corrected chi connectivity index (χ2v) is 4.76. The van der Waals surface area contributed by atoms with Crippen LogP contribution in [0.3, 0.4) is 0 Å². The third kappa shape index (κ3) is 2.17. The molecular weight excluding hydrogens is 244 g/mol. The summed E-state index contributed by atoms with van der Waals surface area (Å²) in [4.78, 5) is 10.8. The molecule has 0 saturated heterocycles. The van der Waals surface area contributed by atoms with E-state index in [1.807, 2.05) is 0 Å². The highest BCUT2D eigenvalue weighted by Crippen LogP contribution is 2.54. The minimum atomic E-state index is -0.853. The van der Waals surface area contributed by atoms with Crippen molar-refractivity contribution in [2.24, 2.45) is 0 Å². The van der Waals surface area contributed by atoms with Crippen LogP contribution in [0.2, 0.25) is 5.02 Å². The predicted molar refractivity (Wildman–Crippen MR) is 62.8 cm³/mol. The molecule has 0 radical (unpaired) electrons. The van der Waals surface area contributed by atoms with Gasteiger partial charge in [0.1, 0.15) is 0 Å². The summed E-state index contributed by atoms with van der Waals surface area (Å²) in [6, 6.07) is 3.03. The number of hydrogen-bond donors (Lipinski definition) is 2. The highest BCUT2D eigenvalue weighted by atomic mass is 35.5. The van der Waals surface area contributed by atoms with E-state index in [1.54, 1.807) is 0 Å². The average Bonchev–Trinajstić information content (AvgIpc) is 3.00. The lowest BCUT2D eigenvalue weighted by atomic mass is 9.92. The summed E-state index contributed by atoms with van der Waals surface area (Å²) in [6.45, 7) is 0. The first kappa shape index (κ1) is 12.0. The van der Waals surface area contributed by atoms with Gasteiger partial charge in [0, 0.05) is 16.5 Å². The summed E-state index contributed by atoms with van der Waals surface area (Å²) >= 11 is 6.10. The van der Waals surface area contributed by atoms with Gasteiger partial charge in [0.2, 0.25) is 0 Å². The quantitative estimate of drug-likeness (QED) is 0.869. The predicted octanol–water partition coefficient (Wildman–Crippen LogP) is 2.56. The second-order valence-electron chi connectivity index (χ2n) is 4.35. The van der Waals surface area contributed by atoms with Crippen LogP contribution in [0.15, 0.2) is 12.1 Å². The highest BCUT2D eigenvalue weighted by molar-refractivity contribution is 6.31. The van der Waals surface area contributed by atoms with E-state index in [9.17, 15) is 9.90 Å². The van der Waals surface area contributed by atoms with Gasteiger partial charge < -0.3 is 14.9 Å². The van der Waals surface area contributed by atoms with Gasteiger partial charge in [-0.05, 0) is 24.5 Å². The van der Waals surface area contributed by atoms with Crippen LogP contribution in [0.4, 0.5) is 0 Å². The first-order valence-corrected chi connectivity index (χ1v) is 5.65. The van der Waals surface area contributed by atoms with Crippen molar-refractivity contribution in [2.45, 2.75) is 24.7 Å². The summed E-state index contributed by atoms with van der Waals surface area (Å²) in [5, 5.41) is 19.0. The zero-order valence-corrected chi connectivity index (χ0v) is 10.1. The van der Waals surface area contributed by atoms with Crippen LogP contribution in [0, 0.1) is 0 Å². The molecule has 0 atom stereocenters. The van der Waals surface area contributed by atoms with Gasteiger partial charge in [-0.1, -0.05) is 11.6 Å². The molecule has 0 aliphatic heterocycles. The van der Waals surface area contributed by atoms with Gasteiger partial charge in [-0.15, -0.1) is 0 Å². The fourth-order valence-corrected chi connectivity index (χ4v) is 2.45. The number of benzene rings is 1. The Morgan fingerprint density at radius 2 is 2.18 bits per heavy atom. The van der Waals surface area contributed by atoms with Gasteiger partial charge in [-0.3, -0.25) is 4.79 Å². The molecular formula is C12H13ClO4. The monoisotopic (exact) mass is 256 g/mol. The Hall–Kier alpha value is -1.42. The Morgan fingerprint density at radius 1 is 1.53 bits per heavy atom. The molecule has 5 heteroatoms. The van der Waals surface area contributed by atoms with Gasteiger partial charge in [-0.25, -0.2) is 0 Å². The van der Waals surface area contributed by atoms with Gasteiger partial charge in [0.15, 0.2) is 11.5 Å². The zero-order chi connectivity index (χ0) is 12.6. The Kier molecular flexibility index (Phi) is 2.91. The lowest BCUT2D eigenvalue weighted by molar-refractivity contribution is -0.137. The smallest absolute Gasteiger partial charge is 0.304 e. The van der Waals surface area contributed by atoms with Crippen molar-refractivity contribution in [3.8, 4) is 11.5 Å². The van der Waals surface area contributed by atoms with E-state index < -0.39 is 11.4 Å². The normalized spacial score (nSPS) is 16.6. The molecule has 0 amide bonds. The first-order valence-electron chi connectivity index (χ1n) is 5.27. The number of halogens is 1. The van der Waals surface area contributed by atoms with E-state index in [1.165, 1.54) is 19.2 Å². The van der Waals surface area contributed by atoms with E-state index in [-0.39, 0.29) is 12.2 Å². The SMILES string of the molecule is COc1cc(Cl)c(C2(CC(=O)O)CC2)cc1O. The molecule has 0 unspecified atom stereocenters. The number of rotatable bonds is 4. The standard InChI is InChI=1S/C12H13ClO4/c1-17-10-5-8(13)7(4-9(10)14)12(2-3-12)6-11(15)16/h4-5,14H,2-3,6H2,1H3,(H,15,16). The second kappa shape index (κ2) is 4.11. The Balaban J connectivity index is 2.39. The van der Waals surface area contributed by atoms with E-state index in [0.29, 0.717) is 16.3 Å². The van der Waals surface area contributed by atoms with Crippen molar-refractivity contribution in [3.05, 3.63) is 22.7 Å². The minimum Gasteiger partial charge on any atom is -0.504 e. The molecule has 1 aromatic carbocycles. The molecule has 1 saturated carbocycles. The Bertz CT molecular complexity index is 466. The summed E-state index contributed by atoms with van der Waals surface area (Å²) in [7, 11) is 1.44. The summed E-state index contributed by atoms with van der Waals surface area (Å²) < 4.78 is 4.94. The lowest BCUT2D eigenvalue weighted by Gasteiger charge is -2.16. The van der Waals surface area contributed by atoms with Crippen molar-refractivity contribution >= 4 is 17.6 Å². The molecule has 1 aliphatic rings. The Labute approximate surface area is 104 Å². The molecule has 2 rings (SSSR count). The number of aliphatic carboxylic acids is 1. The van der Waals surface area contributed by atoms with Crippen molar-refractivity contribution in [2.75, 3.05) is 7.11 Å². The van der Waals surface area contributed by atoms with E-state index in [0.717, 1.165) is 12.8 Å². The van der Waals surface area contributed by atoms with E-state index in [4.69, 9.17) is 21.4 Å². The van der Waals surface area contributed by atoms with Gasteiger partial charge in [-0.2, -0.15) is 0 Å². The van der Waals surface area contributed by atoms with Crippen LogP contribution in [0.5, 0.6) is 11.5 Å². The van der Waals surface area contributed by atoms with Crippen molar-refractivity contribution in [1.29, 1.82) is 0 Å². The number of carboxylic acids is 1. The fourth-order valence-electron chi connectivity index (χ4n) is 2.10. The van der Waals surface area contributed by atoms with Crippen LogP contribution in [-0.4, -0.2) is 23.3 Å². The molecule has 0 bridgehead atoms. The van der Waals surface area contributed by atoms with Crippen LogP contribution in [0.1, 0.15) is 24.8 Å². The molecule has 17 heavy (non-hydrogen) atoms. The number of carboxylic acid groups (broad SMARTS) is 1. The fraction of sp³-hybridized carbons (Fsp3) is 0.417. The molecule has 1 aliphatic carbocycles. The van der Waals surface area contributed by atoms with Gasteiger partial charge in [0.05, 0.1) is 13.5 Å². The molecule has 1 fully saturated rings. The summed E-state index contributed by atoms with van der Waals surface area (Å²) in [6.07, 6.45) is 1.61. The van der Waals surface area contributed by atoms with Gasteiger partial charge in [0.25, 0.3) is 0 Å². The number of methoxy groups -OCH3 is 1. The third-order valence-electron chi connectivity index (χ3n) is 3.18. The molecule has 0 spiro atoms. The third-order valence-corrected chi connectivity index (χ3v) is 3.50. The van der Waals surface area contributed by atoms with Crippen molar-refractivity contribution in [1.82, 2.24) is 0 Å². The maximum atomic E-state index is 10.8. The van der Waals surface area contributed by atoms with Crippen LogP contribution >= 0.6 is 11.6 Å². The maximum absolute atomic E-state index is 10.8. The highest BCUT2D eigenvalue weighted by Gasteiger charge is 2.47. The number of phenols is 1. The first-order chi connectivity index (χ1) is 7.98. The zero-order valence-electron chi connectivity index (χ0n) is 9.36. The molecule has 1 aromatic rings. The van der Waals surface area contributed by atoms with Crippen molar-refractivity contribution < 1.29 is 19.7 Å². The molecule has 0 aromatic heterocycles. The largest absolute Gasteiger partial charge is 0.504 e. The van der Waals surface area contributed by atoms with Crippen LogP contribution in [-0.2, 0) is 10.2 Å². The number of phenolic OH excluding ortho intramolecular Hbond substituents is 1. The molecule has 92 valence electrons. The number of hydrogen-bond acceptors (Lipinski definition) is 3.